The number of hydrogen-bond acceptors (Lipinski definition) is 8. The number of hydrazone groups is 1. The molecule has 0 fully saturated rings. The van der Waals surface area contributed by atoms with Crippen LogP contribution in [0, 0.1) is 30.3 Å². The molecule has 0 amide bonds. The third kappa shape index (κ3) is 5.64. The Bertz CT molecular complexity index is 1500. The van der Waals surface area contributed by atoms with Crippen LogP contribution in [0.4, 0.5) is 22.7 Å². The average molecular weight is 554 g/mol. The third-order valence-corrected chi connectivity index (χ3v) is 5.20. The predicted molar refractivity (Wildman–Crippen MR) is 137 cm³/mol. The number of non-ortho nitro benzene ring substituents is 2. The molecule has 3 aromatic carbocycles. The lowest BCUT2D eigenvalue weighted by Crippen LogP contribution is -2.38. The van der Waals surface area contributed by atoms with E-state index in [0.29, 0.717) is 11.3 Å². The van der Waals surface area contributed by atoms with Crippen molar-refractivity contribution in [1.29, 1.82) is 0 Å². The van der Waals surface area contributed by atoms with Gasteiger partial charge in [-0.3, -0.25) is 35.8 Å². The summed E-state index contributed by atoms with van der Waals surface area (Å²) >= 11 is 0. The van der Waals surface area contributed by atoms with Crippen molar-refractivity contribution in [1.82, 2.24) is 0 Å². The van der Waals surface area contributed by atoms with Gasteiger partial charge in [0.15, 0.2) is 12.7 Å². The van der Waals surface area contributed by atoms with Crippen molar-refractivity contribution < 1.29 is 19.3 Å². The van der Waals surface area contributed by atoms with Crippen molar-refractivity contribution in [2.24, 2.45) is 5.10 Å². The largest absolute Gasteiger partial charge is 0.301 e. The fourth-order valence-corrected chi connectivity index (χ4v) is 3.52. The molecule has 0 saturated heterocycles. The van der Waals surface area contributed by atoms with Crippen LogP contribution in [-0.4, -0.2) is 20.5 Å². The summed E-state index contributed by atoms with van der Waals surface area (Å²) in [6.45, 7) is 0.177. The monoisotopic (exact) mass is 553 g/mol. The highest BCUT2D eigenvalue weighted by Crippen LogP contribution is 2.29. The van der Waals surface area contributed by atoms with E-state index in [9.17, 15) is 30.3 Å². The molecule has 4 rings (SSSR count). The van der Waals surface area contributed by atoms with Crippen molar-refractivity contribution in [2.75, 3.05) is 5.43 Å². The molecule has 0 spiro atoms. The number of nitrogens with one attached hydrogen (secondary N) is 1. The zero-order valence-electron chi connectivity index (χ0n) is 18.4. The number of fused-ring (bicyclic) bond motifs is 1. The van der Waals surface area contributed by atoms with Crippen LogP contribution >= 0.6 is 17.0 Å². The number of anilines is 1. The van der Waals surface area contributed by atoms with Crippen molar-refractivity contribution >= 4 is 56.3 Å². The first-order valence-corrected chi connectivity index (χ1v) is 10.2. The second-order valence-corrected chi connectivity index (χ2v) is 7.39. The van der Waals surface area contributed by atoms with Crippen LogP contribution in [-0.2, 0) is 6.54 Å². The maximum Gasteiger partial charge on any atom is 0.301 e. The first-order chi connectivity index (χ1) is 16.8. The van der Waals surface area contributed by atoms with Gasteiger partial charge >= 0.3 is 5.69 Å². The molecule has 0 aliphatic heterocycles. The second-order valence-electron chi connectivity index (χ2n) is 7.39. The first kappa shape index (κ1) is 25.8. The molecule has 4 aromatic rings. The smallest absolute Gasteiger partial charge is 0.271 e. The van der Waals surface area contributed by atoms with Gasteiger partial charge in [-0.1, -0.05) is 24.3 Å². The molecule has 0 saturated carbocycles. The number of halogens is 1. The number of rotatable bonds is 8. The van der Waals surface area contributed by atoms with E-state index in [0.717, 1.165) is 23.0 Å². The number of hydrogen-bond donors (Lipinski definition) is 1. The van der Waals surface area contributed by atoms with Gasteiger partial charge in [0.1, 0.15) is 11.4 Å². The zero-order valence-corrected chi connectivity index (χ0v) is 20.1. The highest BCUT2D eigenvalue weighted by atomic mass is 79.9. The Labute approximate surface area is 213 Å². The summed E-state index contributed by atoms with van der Waals surface area (Å²) in [5.41, 5.74) is 3.11. The molecule has 182 valence electrons. The van der Waals surface area contributed by atoms with E-state index >= 15 is 0 Å². The lowest BCUT2D eigenvalue weighted by molar-refractivity contribution is -0.655. The Morgan fingerprint density at radius 2 is 1.50 bits per heavy atom. The van der Waals surface area contributed by atoms with Crippen LogP contribution < -0.4 is 9.99 Å². The van der Waals surface area contributed by atoms with Crippen molar-refractivity contribution in [2.45, 2.75) is 6.54 Å². The summed E-state index contributed by atoms with van der Waals surface area (Å²) in [5, 5.41) is 39.1. The van der Waals surface area contributed by atoms with E-state index in [4.69, 9.17) is 0 Å². The first-order valence-electron chi connectivity index (χ1n) is 10.2. The van der Waals surface area contributed by atoms with Crippen LogP contribution in [0.1, 0.15) is 5.56 Å². The lowest BCUT2D eigenvalue weighted by Gasteiger charge is -2.08. The Morgan fingerprint density at radius 3 is 2.22 bits per heavy atom. The van der Waals surface area contributed by atoms with Crippen LogP contribution in [0.25, 0.3) is 10.9 Å². The minimum Gasteiger partial charge on any atom is -0.271 e. The number of para-hydroxylation sites is 1. The van der Waals surface area contributed by atoms with E-state index in [1.54, 1.807) is 6.07 Å². The summed E-state index contributed by atoms with van der Waals surface area (Å²) < 4.78 is 1.89. The maximum absolute atomic E-state index is 11.5. The summed E-state index contributed by atoms with van der Waals surface area (Å²) in [5.74, 6) is 0. The molecule has 0 unspecified atom stereocenters. The normalized spacial score (nSPS) is 10.9. The van der Waals surface area contributed by atoms with E-state index < -0.39 is 26.1 Å². The van der Waals surface area contributed by atoms with E-state index in [2.05, 4.69) is 10.5 Å². The molecule has 12 nitrogen and oxygen atoms in total. The van der Waals surface area contributed by atoms with Gasteiger partial charge in [-0.05, 0) is 18.2 Å². The van der Waals surface area contributed by atoms with Gasteiger partial charge in [0.2, 0.25) is 5.52 Å². The maximum atomic E-state index is 11.5. The minimum absolute atomic E-state index is 0. The quantitative estimate of drug-likeness (QED) is 0.140. The molecule has 1 aromatic heterocycles. The van der Waals surface area contributed by atoms with Gasteiger partial charge in [-0.15, -0.1) is 17.0 Å². The topological polar surface area (TPSA) is 158 Å². The third-order valence-electron chi connectivity index (χ3n) is 5.20. The van der Waals surface area contributed by atoms with Gasteiger partial charge in [0, 0.05) is 41.3 Å². The van der Waals surface area contributed by atoms with E-state index in [1.165, 1.54) is 24.3 Å². The van der Waals surface area contributed by atoms with Crippen molar-refractivity contribution in [3.05, 3.63) is 121 Å². The predicted octanol–water partition coefficient (Wildman–Crippen LogP) is 4.95. The average Bonchev–Trinajstić information content (AvgIpc) is 2.86. The Balaban J connectivity index is 0.00000361. The van der Waals surface area contributed by atoms with Gasteiger partial charge in [-0.25, -0.2) is 0 Å². The van der Waals surface area contributed by atoms with E-state index in [-0.39, 0.29) is 34.9 Å². The fourth-order valence-electron chi connectivity index (χ4n) is 3.52. The highest BCUT2D eigenvalue weighted by Gasteiger charge is 2.21. The summed E-state index contributed by atoms with van der Waals surface area (Å²) in [6.07, 6.45) is 1.82. The number of nitro benzene ring substituents is 3. The standard InChI is InChI=1S/C23H17N6O6.BrH/c30-27(31)18-8-3-6-17(13-18)21(15-26-12-4-7-16-5-1-2-9-22(16)26)25-24-20-11-10-19(28(32)33)14-23(20)29(34)35;/h1-14,24H,15H2;1H/q+1;/b25-21+;. The number of nitro groups is 3. The Kier molecular flexibility index (Phi) is 7.96. The molecule has 0 radical (unpaired) electrons. The molecule has 36 heavy (non-hydrogen) atoms. The lowest BCUT2D eigenvalue weighted by atomic mass is 10.1. The van der Waals surface area contributed by atoms with Crippen LogP contribution in [0.15, 0.2) is 90.2 Å². The fraction of sp³-hybridized carbons (Fsp3) is 0.0435. The second kappa shape index (κ2) is 11.1. The summed E-state index contributed by atoms with van der Waals surface area (Å²) in [4.78, 5) is 31.8. The number of nitrogens with zero attached hydrogens (tertiary/aromatic N) is 5. The van der Waals surface area contributed by atoms with Gasteiger partial charge in [0.25, 0.3) is 11.4 Å². The molecule has 0 aliphatic carbocycles. The molecule has 1 heterocycles. The zero-order chi connectivity index (χ0) is 24.9. The van der Waals surface area contributed by atoms with Gasteiger partial charge < -0.3 is 0 Å². The Morgan fingerprint density at radius 1 is 0.806 bits per heavy atom. The molecule has 13 heteroatoms. The SMILES string of the molecule is Br.O=[N+]([O-])c1cccc(/C(C[n+]2cccc3ccccc32)=N/Nc2ccc([N+](=O)[O-])cc2[N+](=O)[O-])c1. The molecule has 0 aliphatic rings. The molecule has 1 N–H and O–H groups in total. The summed E-state index contributed by atoms with van der Waals surface area (Å²) in [7, 11) is 0. The van der Waals surface area contributed by atoms with Gasteiger partial charge in [-0.2, -0.15) is 9.67 Å². The molecular weight excluding hydrogens is 536 g/mol. The number of aromatic nitrogens is 1. The number of pyridine rings is 1. The minimum atomic E-state index is -0.753. The van der Waals surface area contributed by atoms with Crippen molar-refractivity contribution in [3.63, 3.8) is 0 Å². The molecule has 0 atom stereocenters. The highest BCUT2D eigenvalue weighted by molar-refractivity contribution is 8.93. The molecular formula is C23H18BrN6O6+. The molecule has 0 bridgehead atoms. The summed E-state index contributed by atoms with van der Waals surface area (Å²) in [6, 6.07) is 20.4. The Hall–Kier alpha value is -4.78. The van der Waals surface area contributed by atoms with Crippen LogP contribution in [0.5, 0.6) is 0 Å². The van der Waals surface area contributed by atoms with Crippen LogP contribution in [0.2, 0.25) is 0 Å². The van der Waals surface area contributed by atoms with Crippen LogP contribution in [0.3, 0.4) is 0 Å². The van der Waals surface area contributed by atoms with Crippen molar-refractivity contribution in [3.8, 4) is 0 Å². The van der Waals surface area contributed by atoms with Gasteiger partial charge in [0.05, 0.1) is 20.8 Å². The number of benzene rings is 3. The van der Waals surface area contributed by atoms with E-state index in [1.807, 2.05) is 47.2 Å².